The van der Waals surface area contributed by atoms with Gasteiger partial charge in [0, 0.05) is 12.1 Å². The Morgan fingerprint density at radius 1 is 1.12 bits per heavy atom. The fourth-order valence-corrected chi connectivity index (χ4v) is 2.26. The first kappa shape index (κ1) is 20.5. The van der Waals surface area contributed by atoms with E-state index in [0.717, 1.165) is 5.56 Å². The van der Waals surface area contributed by atoms with E-state index in [4.69, 9.17) is 9.47 Å². The minimum absolute atomic E-state index is 0. The van der Waals surface area contributed by atoms with Crippen LogP contribution in [0.1, 0.15) is 22.0 Å². The van der Waals surface area contributed by atoms with Gasteiger partial charge in [0.1, 0.15) is 6.10 Å². The van der Waals surface area contributed by atoms with Crippen LogP contribution in [-0.2, 0) is 0 Å². The first-order valence-electron chi connectivity index (χ1n) is 7.27. The number of rotatable bonds is 7. The Morgan fingerprint density at radius 3 is 2.33 bits per heavy atom. The van der Waals surface area contributed by atoms with Crippen molar-refractivity contribution in [3.05, 3.63) is 59.7 Å². The topological polar surface area (TPSA) is 61.8 Å². The van der Waals surface area contributed by atoms with Gasteiger partial charge >= 0.3 is 29.6 Å². The van der Waals surface area contributed by atoms with Gasteiger partial charge in [-0.25, -0.2) is 0 Å². The summed E-state index contributed by atoms with van der Waals surface area (Å²) in [5.74, 6) is -0.387. The van der Waals surface area contributed by atoms with Crippen molar-refractivity contribution in [2.45, 2.75) is 6.10 Å². The van der Waals surface area contributed by atoms with E-state index in [1.807, 2.05) is 49.3 Å². The number of carboxylic acid groups (broad SMARTS) is 1. The molecule has 1 atom stereocenters. The van der Waals surface area contributed by atoms with Crippen molar-refractivity contribution in [3.63, 3.8) is 0 Å². The van der Waals surface area contributed by atoms with E-state index in [0.29, 0.717) is 18.0 Å². The number of carbonyl (C=O) groups is 1. The molecule has 2 rings (SSSR count). The third-order valence-electron chi connectivity index (χ3n) is 3.37. The standard InChI is InChI=1S/C18H21NO4.Na/c1-19(2)12-17(13-7-5-4-6-8-13)23-15-10-9-14(18(20)21)11-16(15)22-3;/h4-11,17H,12H2,1-3H3,(H,20,21);/q;+1/p-1/t17-;/m0./s1. The van der Waals surface area contributed by atoms with Crippen molar-refractivity contribution >= 4 is 5.97 Å². The molecule has 0 amide bonds. The first-order chi connectivity index (χ1) is 11.0. The van der Waals surface area contributed by atoms with Gasteiger partial charge in [-0.1, -0.05) is 30.3 Å². The molecule has 0 bridgehead atoms. The molecule has 2 aromatic rings. The van der Waals surface area contributed by atoms with Crippen LogP contribution in [0.15, 0.2) is 48.5 Å². The Labute approximate surface area is 164 Å². The second kappa shape index (κ2) is 9.69. The summed E-state index contributed by atoms with van der Waals surface area (Å²) in [6.07, 6.45) is -0.200. The van der Waals surface area contributed by atoms with E-state index >= 15 is 0 Å². The monoisotopic (exact) mass is 337 g/mol. The molecule has 24 heavy (non-hydrogen) atoms. The molecule has 0 spiro atoms. The van der Waals surface area contributed by atoms with Crippen LogP contribution in [0.25, 0.3) is 0 Å². The average Bonchev–Trinajstić information content (AvgIpc) is 2.54. The van der Waals surface area contributed by atoms with Crippen LogP contribution in [0.5, 0.6) is 11.5 Å². The van der Waals surface area contributed by atoms with E-state index in [9.17, 15) is 9.90 Å². The minimum atomic E-state index is -1.25. The van der Waals surface area contributed by atoms with Crippen molar-refractivity contribution in [3.8, 4) is 11.5 Å². The van der Waals surface area contributed by atoms with Crippen molar-refractivity contribution < 1.29 is 48.9 Å². The predicted octanol–water partition coefficient (Wildman–Crippen LogP) is -1.26. The molecule has 5 nitrogen and oxygen atoms in total. The number of hydrogen-bond acceptors (Lipinski definition) is 5. The van der Waals surface area contributed by atoms with Crippen LogP contribution < -0.4 is 44.1 Å². The van der Waals surface area contributed by atoms with Gasteiger partial charge in [-0.15, -0.1) is 0 Å². The molecular weight excluding hydrogens is 317 g/mol. The van der Waals surface area contributed by atoms with Gasteiger partial charge in [-0.2, -0.15) is 0 Å². The quantitative estimate of drug-likeness (QED) is 0.591. The van der Waals surface area contributed by atoms with Crippen molar-refractivity contribution in [1.29, 1.82) is 0 Å². The summed E-state index contributed by atoms with van der Waals surface area (Å²) < 4.78 is 11.3. The molecule has 0 aromatic heterocycles. The Morgan fingerprint density at radius 2 is 1.79 bits per heavy atom. The van der Waals surface area contributed by atoms with E-state index in [1.54, 1.807) is 6.07 Å². The summed E-state index contributed by atoms with van der Waals surface area (Å²) >= 11 is 0. The third kappa shape index (κ3) is 5.53. The summed E-state index contributed by atoms with van der Waals surface area (Å²) in [5.41, 5.74) is 1.09. The molecular formula is C18H20NNaO4. The molecule has 0 heterocycles. The van der Waals surface area contributed by atoms with Crippen molar-refractivity contribution in [2.75, 3.05) is 27.7 Å². The van der Waals surface area contributed by atoms with Crippen LogP contribution >= 0.6 is 0 Å². The first-order valence-corrected chi connectivity index (χ1v) is 7.27. The Kier molecular flexibility index (Phi) is 8.28. The van der Waals surface area contributed by atoms with Gasteiger partial charge < -0.3 is 24.3 Å². The zero-order valence-corrected chi connectivity index (χ0v) is 16.5. The summed E-state index contributed by atoms with van der Waals surface area (Å²) in [4.78, 5) is 13.0. The van der Waals surface area contributed by atoms with Gasteiger partial charge in [0.2, 0.25) is 0 Å². The molecule has 0 N–H and O–H groups in total. The molecule has 6 heteroatoms. The summed E-state index contributed by atoms with van der Waals surface area (Å²) in [6.45, 7) is 0.676. The number of ether oxygens (including phenoxy) is 2. The van der Waals surface area contributed by atoms with Crippen molar-refractivity contribution in [2.24, 2.45) is 0 Å². The van der Waals surface area contributed by atoms with Gasteiger partial charge in [-0.3, -0.25) is 0 Å². The van der Waals surface area contributed by atoms with E-state index in [-0.39, 0.29) is 41.2 Å². The molecule has 0 unspecified atom stereocenters. The number of likely N-dealkylation sites (N-methyl/N-ethyl adjacent to an activating group) is 1. The summed E-state index contributed by atoms with van der Waals surface area (Å²) in [7, 11) is 5.41. The maximum atomic E-state index is 11.0. The predicted molar refractivity (Wildman–Crippen MR) is 85.7 cm³/mol. The average molecular weight is 337 g/mol. The minimum Gasteiger partial charge on any atom is -0.545 e. The Bertz CT molecular complexity index is 661. The fourth-order valence-electron chi connectivity index (χ4n) is 2.26. The number of carboxylic acids is 1. The maximum Gasteiger partial charge on any atom is 1.00 e. The number of methoxy groups -OCH3 is 1. The zero-order chi connectivity index (χ0) is 16.8. The third-order valence-corrected chi connectivity index (χ3v) is 3.37. The number of nitrogens with zero attached hydrogens (tertiary/aromatic N) is 1. The summed E-state index contributed by atoms with van der Waals surface area (Å²) in [6, 6.07) is 14.3. The number of aromatic carboxylic acids is 1. The fraction of sp³-hybridized carbons (Fsp3) is 0.278. The largest absolute Gasteiger partial charge is 1.00 e. The Hall–Kier alpha value is -1.53. The second-order valence-corrected chi connectivity index (χ2v) is 5.43. The van der Waals surface area contributed by atoms with Crippen LogP contribution in [0.2, 0.25) is 0 Å². The molecule has 0 fully saturated rings. The van der Waals surface area contributed by atoms with E-state index in [1.165, 1.54) is 19.2 Å². The maximum absolute atomic E-state index is 11.0. The molecule has 0 aliphatic carbocycles. The molecule has 0 aliphatic heterocycles. The van der Waals surface area contributed by atoms with E-state index < -0.39 is 5.97 Å². The molecule has 0 aliphatic rings. The van der Waals surface area contributed by atoms with Crippen molar-refractivity contribution in [1.82, 2.24) is 4.90 Å². The van der Waals surface area contributed by atoms with Gasteiger partial charge in [0.25, 0.3) is 0 Å². The molecule has 0 saturated heterocycles. The molecule has 0 radical (unpaired) electrons. The molecule has 0 saturated carbocycles. The van der Waals surface area contributed by atoms with Crippen LogP contribution in [0.4, 0.5) is 0 Å². The number of hydrogen-bond donors (Lipinski definition) is 0. The van der Waals surface area contributed by atoms with Gasteiger partial charge in [-0.05, 0) is 37.9 Å². The van der Waals surface area contributed by atoms with Crippen LogP contribution in [0, 0.1) is 0 Å². The van der Waals surface area contributed by atoms with Gasteiger partial charge in [0.05, 0.1) is 13.1 Å². The zero-order valence-electron chi connectivity index (χ0n) is 14.5. The second-order valence-electron chi connectivity index (χ2n) is 5.43. The smallest absolute Gasteiger partial charge is 0.545 e. The number of benzene rings is 2. The van der Waals surface area contributed by atoms with E-state index in [2.05, 4.69) is 0 Å². The molecule has 122 valence electrons. The summed E-state index contributed by atoms with van der Waals surface area (Å²) in [5, 5.41) is 11.0. The number of carbonyl (C=O) groups excluding carboxylic acids is 1. The molecule has 2 aromatic carbocycles. The Balaban J connectivity index is 0.00000288. The van der Waals surface area contributed by atoms with Gasteiger partial charge in [0.15, 0.2) is 11.5 Å². The van der Waals surface area contributed by atoms with Crippen LogP contribution in [-0.4, -0.2) is 38.6 Å². The normalized spacial score (nSPS) is 11.5. The SMILES string of the molecule is COc1cc(C(=O)[O-])ccc1O[C@@H](CN(C)C)c1ccccc1.[Na+]. The van der Waals surface area contributed by atoms with Crippen LogP contribution in [0.3, 0.4) is 0 Å².